The molecule has 3 aromatic carbocycles. The van der Waals surface area contributed by atoms with Crippen LogP contribution in [-0.2, 0) is 0 Å². The van der Waals surface area contributed by atoms with Crippen molar-refractivity contribution in [3.05, 3.63) is 116 Å². The van der Waals surface area contributed by atoms with Crippen LogP contribution >= 0.6 is 0 Å². The molecule has 0 aliphatic rings. The lowest BCUT2D eigenvalue weighted by atomic mass is 10.0. The van der Waals surface area contributed by atoms with Crippen LogP contribution in [0.3, 0.4) is 0 Å². The first-order chi connectivity index (χ1) is 15.3. The average Bonchev–Trinajstić information content (AvgIpc) is 3.26. The van der Waals surface area contributed by atoms with Gasteiger partial charge in [-0.15, -0.1) is 0 Å². The van der Waals surface area contributed by atoms with E-state index in [0.717, 1.165) is 28.0 Å². The largest absolute Gasteiger partial charge is 0.256 e. The summed E-state index contributed by atoms with van der Waals surface area (Å²) >= 11 is 0. The molecule has 0 saturated heterocycles. The van der Waals surface area contributed by atoms with E-state index in [2.05, 4.69) is 96.1 Å². The first kappa shape index (κ1) is 17.6. The van der Waals surface area contributed by atoms with Crippen LogP contribution in [0.5, 0.6) is 0 Å². The number of nitrogens with zero attached hydrogens (tertiary/aromatic N) is 3. The van der Waals surface area contributed by atoms with E-state index in [1.165, 1.54) is 21.9 Å². The van der Waals surface area contributed by atoms with Gasteiger partial charge in [-0.05, 0) is 40.8 Å². The van der Waals surface area contributed by atoms with E-state index in [4.69, 9.17) is 5.10 Å². The van der Waals surface area contributed by atoms with Gasteiger partial charge in [-0.1, -0.05) is 78.9 Å². The molecule has 31 heavy (non-hydrogen) atoms. The first-order valence-electron chi connectivity index (χ1n) is 10.3. The van der Waals surface area contributed by atoms with E-state index >= 15 is 0 Å². The van der Waals surface area contributed by atoms with Crippen molar-refractivity contribution in [1.29, 1.82) is 0 Å². The molecule has 0 fully saturated rings. The highest BCUT2D eigenvalue weighted by Crippen LogP contribution is 2.27. The number of benzene rings is 3. The van der Waals surface area contributed by atoms with Gasteiger partial charge in [0.15, 0.2) is 0 Å². The Morgan fingerprint density at radius 3 is 1.81 bits per heavy atom. The summed E-state index contributed by atoms with van der Waals surface area (Å²) in [5, 5.41) is 7.21. The quantitative estimate of drug-likeness (QED) is 0.326. The molecule has 0 aliphatic heterocycles. The summed E-state index contributed by atoms with van der Waals surface area (Å²) < 4.78 is 1.96. The van der Waals surface area contributed by atoms with Gasteiger partial charge in [-0.25, -0.2) is 4.52 Å². The molecule has 0 amide bonds. The Balaban J connectivity index is 1.30. The zero-order valence-corrected chi connectivity index (χ0v) is 16.8. The third kappa shape index (κ3) is 3.26. The fourth-order valence-electron chi connectivity index (χ4n) is 4.01. The monoisotopic (exact) mass is 397 g/mol. The summed E-state index contributed by atoms with van der Waals surface area (Å²) in [5.74, 6) is 0. The van der Waals surface area contributed by atoms with Gasteiger partial charge < -0.3 is 0 Å². The maximum Gasteiger partial charge on any atom is 0.0933 e. The summed E-state index contributed by atoms with van der Waals surface area (Å²) in [5.41, 5.74) is 7.68. The van der Waals surface area contributed by atoms with Gasteiger partial charge in [0.25, 0.3) is 0 Å². The summed E-state index contributed by atoms with van der Waals surface area (Å²) in [7, 11) is 0. The van der Waals surface area contributed by atoms with Gasteiger partial charge in [0.05, 0.1) is 16.9 Å². The lowest BCUT2D eigenvalue weighted by molar-refractivity contribution is 0.974. The molecule has 6 rings (SSSR count). The fourth-order valence-corrected chi connectivity index (χ4v) is 4.01. The summed E-state index contributed by atoms with van der Waals surface area (Å²) in [6, 6.07) is 35.8. The van der Waals surface area contributed by atoms with Gasteiger partial charge in [-0.2, -0.15) is 5.10 Å². The van der Waals surface area contributed by atoms with Crippen LogP contribution < -0.4 is 0 Å². The molecular formula is C28H19N3. The number of pyridine rings is 2. The van der Waals surface area contributed by atoms with Gasteiger partial charge in [0, 0.05) is 28.9 Å². The van der Waals surface area contributed by atoms with E-state index < -0.39 is 0 Å². The molecule has 0 radical (unpaired) electrons. The molecule has 146 valence electrons. The maximum absolute atomic E-state index is 4.79. The van der Waals surface area contributed by atoms with Crippen LogP contribution in [-0.4, -0.2) is 14.6 Å². The van der Waals surface area contributed by atoms with Crippen molar-refractivity contribution in [2.75, 3.05) is 0 Å². The van der Waals surface area contributed by atoms with Crippen LogP contribution in [0.25, 0.3) is 49.9 Å². The van der Waals surface area contributed by atoms with Crippen LogP contribution in [0.4, 0.5) is 0 Å². The third-order valence-electron chi connectivity index (χ3n) is 5.68. The van der Waals surface area contributed by atoms with E-state index in [-0.39, 0.29) is 0 Å². The predicted octanol–water partition coefficient (Wildman–Crippen LogP) is 6.88. The van der Waals surface area contributed by atoms with Crippen molar-refractivity contribution in [2.45, 2.75) is 0 Å². The zero-order valence-electron chi connectivity index (χ0n) is 16.8. The van der Waals surface area contributed by atoms with Crippen molar-refractivity contribution in [1.82, 2.24) is 14.6 Å². The third-order valence-corrected chi connectivity index (χ3v) is 5.68. The standard InChI is InChI=1S/C28H19N3/c1-2-6-25-19-31-26(17-24(25)5-1)18-28(30-31)23-14-10-21(11-15-23)20-8-12-22(13-9-20)27-7-3-4-16-29-27/h1-19H. The molecule has 3 heteroatoms. The van der Waals surface area contributed by atoms with E-state index in [9.17, 15) is 0 Å². The van der Waals surface area contributed by atoms with Crippen molar-refractivity contribution in [3.63, 3.8) is 0 Å². The molecule has 0 atom stereocenters. The van der Waals surface area contributed by atoms with E-state index in [1.54, 1.807) is 0 Å². The molecule has 0 saturated carbocycles. The highest BCUT2D eigenvalue weighted by Gasteiger charge is 2.07. The zero-order chi connectivity index (χ0) is 20.6. The van der Waals surface area contributed by atoms with E-state index in [0.29, 0.717) is 0 Å². The number of hydrogen-bond acceptors (Lipinski definition) is 2. The Labute approximate surface area is 180 Å². The van der Waals surface area contributed by atoms with Crippen molar-refractivity contribution >= 4 is 16.3 Å². The SMILES string of the molecule is c1ccc(-c2ccc(-c3ccc(-c4cc5cc6ccccc6cn5n4)cc3)cc2)nc1. The predicted molar refractivity (Wildman–Crippen MR) is 127 cm³/mol. The Kier molecular flexibility index (Phi) is 4.10. The molecule has 3 nitrogen and oxygen atoms in total. The molecule has 3 aromatic heterocycles. The highest BCUT2D eigenvalue weighted by atomic mass is 15.2. The van der Waals surface area contributed by atoms with Crippen LogP contribution in [0.1, 0.15) is 0 Å². The fraction of sp³-hybridized carbons (Fsp3) is 0. The second-order valence-corrected chi connectivity index (χ2v) is 7.67. The lowest BCUT2D eigenvalue weighted by Gasteiger charge is -2.05. The number of rotatable bonds is 3. The van der Waals surface area contributed by atoms with Gasteiger partial charge in [0.1, 0.15) is 0 Å². The van der Waals surface area contributed by atoms with Gasteiger partial charge in [-0.3, -0.25) is 4.98 Å². The van der Waals surface area contributed by atoms with Crippen molar-refractivity contribution < 1.29 is 0 Å². The Morgan fingerprint density at radius 1 is 0.516 bits per heavy atom. The second kappa shape index (κ2) is 7.22. The van der Waals surface area contributed by atoms with Crippen LogP contribution in [0, 0.1) is 0 Å². The summed E-state index contributed by atoms with van der Waals surface area (Å²) in [4.78, 5) is 4.42. The second-order valence-electron chi connectivity index (χ2n) is 7.67. The minimum absolute atomic E-state index is 0.979. The number of fused-ring (bicyclic) bond motifs is 2. The van der Waals surface area contributed by atoms with Gasteiger partial charge >= 0.3 is 0 Å². The molecular weight excluding hydrogens is 378 g/mol. The van der Waals surface area contributed by atoms with Crippen molar-refractivity contribution in [3.8, 4) is 33.6 Å². The topological polar surface area (TPSA) is 30.2 Å². The smallest absolute Gasteiger partial charge is 0.0933 e. The maximum atomic E-state index is 4.79. The van der Waals surface area contributed by atoms with Crippen LogP contribution in [0.15, 0.2) is 116 Å². The average molecular weight is 397 g/mol. The minimum atomic E-state index is 0.979. The molecule has 0 aliphatic carbocycles. The highest BCUT2D eigenvalue weighted by molar-refractivity contribution is 5.86. The van der Waals surface area contributed by atoms with Gasteiger partial charge in [0.2, 0.25) is 0 Å². The van der Waals surface area contributed by atoms with Crippen molar-refractivity contribution in [2.24, 2.45) is 0 Å². The lowest BCUT2D eigenvalue weighted by Crippen LogP contribution is -1.87. The van der Waals surface area contributed by atoms with Crippen LogP contribution in [0.2, 0.25) is 0 Å². The Bertz CT molecular complexity index is 1440. The molecule has 0 unspecified atom stereocenters. The minimum Gasteiger partial charge on any atom is -0.256 e. The molecule has 3 heterocycles. The molecule has 0 N–H and O–H groups in total. The van der Waals surface area contributed by atoms with E-state index in [1.807, 2.05) is 28.9 Å². The molecule has 0 spiro atoms. The summed E-state index contributed by atoms with van der Waals surface area (Å²) in [6.07, 6.45) is 3.91. The number of hydrogen-bond donors (Lipinski definition) is 0. The number of aromatic nitrogens is 3. The first-order valence-corrected chi connectivity index (χ1v) is 10.3. The summed E-state index contributed by atoms with van der Waals surface area (Å²) in [6.45, 7) is 0. The molecule has 0 bridgehead atoms. The normalized spacial score (nSPS) is 11.2. The Hall–Kier alpha value is -4.24. The Morgan fingerprint density at radius 2 is 1.13 bits per heavy atom. The molecule has 6 aromatic rings.